The second-order valence-corrected chi connectivity index (χ2v) is 9.95. The Morgan fingerprint density at radius 2 is 1.95 bits per heavy atom. The Balaban J connectivity index is 2.67. The number of aliphatic hydroxyl groups is 1. The predicted molar refractivity (Wildman–Crippen MR) is 68.2 cm³/mol. The van der Waals surface area contributed by atoms with Gasteiger partial charge in [-0.25, -0.2) is 0 Å². The number of ether oxygens (including phenoxy) is 1. The van der Waals surface area contributed by atoms with Crippen LogP contribution in [0.3, 0.4) is 0 Å². The third-order valence-electron chi connectivity index (χ3n) is 2.68. The van der Waals surface area contributed by atoms with E-state index in [0.717, 1.165) is 0 Å². The van der Waals surface area contributed by atoms with Crippen molar-refractivity contribution in [2.45, 2.75) is 38.2 Å². The molecule has 6 atom stereocenters. The van der Waals surface area contributed by atoms with Gasteiger partial charge in [-0.1, -0.05) is 0 Å². The zero-order chi connectivity index (χ0) is 15.0. The molecule has 0 aliphatic carbocycles. The molecule has 1 aliphatic heterocycles. The van der Waals surface area contributed by atoms with Crippen LogP contribution in [-0.2, 0) is 18.1 Å². The van der Waals surface area contributed by atoms with Crippen LogP contribution in [0.25, 0.3) is 0 Å². The van der Waals surface area contributed by atoms with Gasteiger partial charge in [-0.05, 0) is 0 Å². The summed E-state index contributed by atoms with van der Waals surface area (Å²) in [6.45, 7) is 3.15. The number of hydrogen-bond acceptors (Lipinski definition) is 6. The first-order valence-corrected chi connectivity index (χ1v) is 10.6. The van der Waals surface area contributed by atoms with Gasteiger partial charge in [0.15, 0.2) is 0 Å². The van der Waals surface area contributed by atoms with Gasteiger partial charge in [-0.15, -0.1) is 0 Å². The van der Waals surface area contributed by atoms with E-state index in [1.54, 1.807) is 6.92 Å². The molecule has 110 valence electrons. The molecular formula is C7H15BO8P2Se. The fourth-order valence-electron chi connectivity index (χ4n) is 1.69. The van der Waals surface area contributed by atoms with Crippen molar-refractivity contribution >= 4 is 37.0 Å². The first-order valence-electron chi connectivity index (χ1n) is 5.30. The van der Waals surface area contributed by atoms with Gasteiger partial charge in [0.1, 0.15) is 0 Å². The minimum atomic E-state index is -4.90. The van der Waals surface area contributed by atoms with Crippen molar-refractivity contribution in [2.24, 2.45) is 5.92 Å². The molecule has 19 heavy (non-hydrogen) atoms. The summed E-state index contributed by atoms with van der Waals surface area (Å²) in [5, 5.41) is 9.87. The Hall–Kier alpha value is 0.964. The minimum absolute atomic E-state index is 0.328. The van der Waals surface area contributed by atoms with Crippen LogP contribution < -0.4 is 0 Å². The van der Waals surface area contributed by atoms with Crippen molar-refractivity contribution in [3.63, 3.8) is 0 Å². The Kier molecular flexibility index (Phi) is 6.05. The fourth-order valence-corrected chi connectivity index (χ4v) is 5.96. The fraction of sp³-hybridized carbons (Fsp3) is 1.00. The average Bonchev–Trinajstić information content (AvgIpc) is 2.41. The Labute approximate surface area is 119 Å². The Morgan fingerprint density at radius 1 is 1.42 bits per heavy atom. The van der Waals surface area contributed by atoms with E-state index in [1.807, 2.05) is 0 Å². The normalized spacial score (nSPS) is 36.9. The first kappa shape index (κ1) is 18.0. The molecule has 1 heterocycles. The molecule has 4 N–H and O–H groups in total. The zero-order valence-corrected chi connectivity index (χ0v) is 13.7. The summed E-state index contributed by atoms with van der Waals surface area (Å²) in [6.07, 6.45) is -6.48. The summed E-state index contributed by atoms with van der Waals surface area (Å²) in [5.41, 5.74) is 0. The monoisotopic (exact) mass is 380 g/mol. The van der Waals surface area contributed by atoms with E-state index >= 15 is 0 Å². The second kappa shape index (κ2) is 6.38. The molecule has 0 aromatic heterocycles. The quantitative estimate of drug-likeness (QED) is 0.363. The van der Waals surface area contributed by atoms with Gasteiger partial charge in [-0.2, -0.15) is 0 Å². The average molecular weight is 379 g/mol. The summed E-state index contributed by atoms with van der Waals surface area (Å²) >= 11 is 2.06. The van der Waals surface area contributed by atoms with Gasteiger partial charge in [-0.3, -0.25) is 0 Å². The van der Waals surface area contributed by atoms with Crippen LogP contribution in [0.15, 0.2) is 0 Å². The predicted octanol–water partition coefficient (Wildman–Crippen LogP) is -0.770. The maximum absolute atomic E-state index is 10.7. The SMILES string of the molecule is [B][C@@H]1O[C@H](C(C)OP(O)(=[Se])OP(=O)(O)O)[C@@H](O)[C@H]1C. The van der Waals surface area contributed by atoms with Crippen LogP contribution in [0.5, 0.6) is 0 Å². The van der Waals surface area contributed by atoms with Crippen LogP contribution in [0.4, 0.5) is 0 Å². The van der Waals surface area contributed by atoms with E-state index in [-0.39, 0.29) is 5.92 Å². The van der Waals surface area contributed by atoms with Gasteiger partial charge >= 0.3 is 119 Å². The van der Waals surface area contributed by atoms with Crippen molar-refractivity contribution in [3.8, 4) is 0 Å². The molecule has 0 saturated carbocycles. The van der Waals surface area contributed by atoms with E-state index in [9.17, 15) is 14.6 Å². The molecule has 0 aromatic carbocycles. The van der Waals surface area contributed by atoms with Crippen molar-refractivity contribution in [2.75, 3.05) is 0 Å². The second-order valence-electron chi connectivity index (χ2n) is 4.27. The van der Waals surface area contributed by atoms with E-state index in [0.29, 0.717) is 0 Å². The maximum atomic E-state index is 10.7. The Bertz CT molecular complexity index is 416. The van der Waals surface area contributed by atoms with E-state index < -0.39 is 38.3 Å². The molecule has 0 aromatic rings. The number of hydrogen-bond donors (Lipinski definition) is 4. The van der Waals surface area contributed by atoms with Crippen molar-refractivity contribution in [3.05, 3.63) is 0 Å². The van der Waals surface area contributed by atoms with Crippen molar-refractivity contribution < 1.29 is 37.9 Å². The number of phosphoric acid groups is 1. The van der Waals surface area contributed by atoms with Crippen LogP contribution in [-0.4, -0.2) is 67.0 Å². The third kappa shape index (κ3) is 5.34. The van der Waals surface area contributed by atoms with E-state index in [1.165, 1.54) is 6.92 Å². The molecule has 2 radical (unpaired) electrons. The van der Waals surface area contributed by atoms with Crippen LogP contribution >= 0.6 is 14.0 Å². The van der Waals surface area contributed by atoms with Crippen LogP contribution in [0.2, 0.25) is 0 Å². The standard InChI is InChI=1S/C7H15BO8P2Se/c1-3-5(9)6(14-7(3)8)4(2)15-18(13,19)16-17(10,11)12/h3-7,9H,1-2H3,(H,13,19)(H2,10,11,12)/t3-,4?,5+,6-,7-,18?/m1/s1. The van der Waals surface area contributed by atoms with Crippen molar-refractivity contribution in [1.29, 1.82) is 0 Å². The molecule has 1 saturated heterocycles. The van der Waals surface area contributed by atoms with Gasteiger partial charge in [0.05, 0.1) is 0 Å². The molecule has 0 bridgehead atoms. The van der Waals surface area contributed by atoms with Gasteiger partial charge in [0, 0.05) is 0 Å². The molecule has 1 aliphatic rings. The molecular weight excluding hydrogens is 364 g/mol. The molecule has 1 fully saturated rings. The van der Waals surface area contributed by atoms with Gasteiger partial charge < -0.3 is 0 Å². The molecule has 0 spiro atoms. The summed E-state index contributed by atoms with van der Waals surface area (Å²) < 4.78 is 25.1. The van der Waals surface area contributed by atoms with Crippen molar-refractivity contribution in [1.82, 2.24) is 0 Å². The van der Waals surface area contributed by atoms with Gasteiger partial charge in [0.25, 0.3) is 0 Å². The first-order chi connectivity index (χ1) is 8.43. The summed E-state index contributed by atoms with van der Waals surface area (Å²) in [7, 11) is 0.708. The Morgan fingerprint density at radius 3 is 2.32 bits per heavy atom. The molecule has 0 amide bonds. The van der Waals surface area contributed by atoms with Crippen LogP contribution in [0.1, 0.15) is 13.8 Å². The van der Waals surface area contributed by atoms with E-state index in [2.05, 4.69) is 19.4 Å². The number of aliphatic hydroxyl groups excluding tert-OH is 1. The zero-order valence-electron chi connectivity index (χ0n) is 10.2. The number of rotatable bonds is 5. The molecule has 2 unspecified atom stereocenters. The molecule has 12 heteroatoms. The van der Waals surface area contributed by atoms with Crippen LogP contribution in [0, 0.1) is 5.92 Å². The molecule has 1 rings (SSSR count). The summed E-state index contributed by atoms with van der Waals surface area (Å²) in [5.74, 6) is -0.328. The van der Waals surface area contributed by atoms with Gasteiger partial charge in [0.2, 0.25) is 0 Å². The van der Waals surface area contributed by atoms with E-state index in [4.69, 9.17) is 26.9 Å². The summed E-state index contributed by atoms with van der Waals surface area (Å²) in [4.78, 5) is 26.9. The molecule has 8 nitrogen and oxygen atoms in total. The third-order valence-corrected chi connectivity index (χ3v) is 6.76. The topological polar surface area (TPSA) is 126 Å². The summed E-state index contributed by atoms with van der Waals surface area (Å²) in [6, 6.07) is -0.680.